The van der Waals surface area contributed by atoms with Crippen LogP contribution >= 0.6 is 0 Å². The van der Waals surface area contributed by atoms with Crippen LogP contribution in [0.3, 0.4) is 0 Å². The molecule has 1 fully saturated rings. The first-order valence-electron chi connectivity index (χ1n) is 7.83. The van der Waals surface area contributed by atoms with Crippen molar-refractivity contribution in [3.63, 3.8) is 0 Å². The summed E-state index contributed by atoms with van der Waals surface area (Å²) in [5, 5.41) is 3.31. The van der Waals surface area contributed by atoms with Crippen LogP contribution in [0.25, 0.3) is 0 Å². The summed E-state index contributed by atoms with van der Waals surface area (Å²) in [5.41, 5.74) is 0. The van der Waals surface area contributed by atoms with Gasteiger partial charge in [0.2, 0.25) is 5.95 Å². The Hall–Kier alpha value is -2.05. The number of aromatic nitrogens is 2. The summed E-state index contributed by atoms with van der Waals surface area (Å²) in [5.74, 6) is 2.11. The number of rotatable bonds is 5. The van der Waals surface area contributed by atoms with Gasteiger partial charge in [-0.15, -0.1) is 0 Å². The molecule has 2 rings (SSSR count). The molecule has 2 heterocycles. The van der Waals surface area contributed by atoms with Crippen LogP contribution < -0.4 is 10.2 Å². The molecule has 0 aliphatic carbocycles. The van der Waals surface area contributed by atoms with Crippen molar-refractivity contribution < 1.29 is 9.53 Å². The van der Waals surface area contributed by atoms with E-state index in [1.54, 1.807) is 11.1 Å². The van der Waals surface area contributed by atoms with Gasteiger partial charge in [0.05, 0.1) is 6.61 Å². The fourth-order valence-corrected chi connectivity index (χ4v) is 2.21. The lowest BCUT2D eigenvalue weighted by Crippen LogP contribution is -2.49. The molecule has 0 aromatic carbocycles. The molecule has 0 radical (unpaired) electrons. The largest absolute Gasteiger partial charge is 0.450 e. The van der Waals surface area contributed by atoms with Crippen molar-refractivity contribution in [1.82, 2.24) is 14.9 Å². The van der Waals surface area contributed by atoms with Crippen molar-refractivity contribution in [2.45, 2.75) is 20.8 Å². The first kappa shape index (κ1) is 16.3. The predicted molar refractivity (Wildman–Crippen MR) is 86.2 cm³/mol. The van der Waals surface area contributed by atoms with Crippen LogP contribution in [0.4, 0.5) is 16.6 Å². The highest BCUT2D eigenvalue weighted by Gasteiger charge is 2.23. The van der Waals surface area contributed by atoms with E-state index in [1.165, 1.54) is 0 Å². The Morgan fingerprint density at radius 3 is 2.73 bits per heavy atom. The summed E-state index contributed by atoms with van der Waals surface area (Å²) < 4.78 is 5.02. The van der Waals surface area contributed by atoms with E-state index in [0.717, 1.165) is 12.4 Å². The highest BCUT2D eigenvalue weighted by molar-refractivity contribution is 5.68. The Kier molecular flexibility index (Phi) is 5.80. The van der Waals surface area contributed by atoms with Crippen molar-refractivity contribution in [2.75, 3.05) is 49.5 Å². The van der Waals surface area contributed by atoms with Gasteiger partial charge in [0.25, 0.3) is 0 Å². The van der Waals surface area contributed by atoms with Crippen molar-refractivity contribution in [2.24, 2.45) is 5.92 Å². The number of carbonyl (C=O) groups excluding carboxylic acids is 1. The van der Waals surface area contributed by atoms with Crippen LogP contribution in [0.2, 0.25) is 0 Å². The van der Waals surface area contributed by atoms with E-state index in [0.29, 0.717) is 44.7 Å². The molecule has 1 aromatic heterocycles. The van der Waals surface area contributed by atoms with E-state index in [-0.39, 0.29) is 6.09 Å². The maximum atomic E-state index is 11.7. The van der Waals surface area contributed by atoms with Crippen molar-refractivity contribution in [3.05, 3.63) is 12.3 Å². The molecule has 7 nitrogen and oxygen atoms in total. The summed E-state index contributed by atoms with van der Waals surface area (Å²) >= 11 is 0. The second-order valence-corrected chi connectivity index (χ2v) is 5.69. The van der Waals surface area contributed by atoms with Gasteiger partial charge in [-0.2, -0.15) is 4.98 Å². The van der Waals surface area contributed by atoms with E-state index >= 15 is 0 Å². The Balaban J connectivity index is 1.91. The number of nitrogens with zero attached hydrogens (tertiary/aromatic N) is 4. The lowest BCUT2D eigenvalue weighted by atomic mass is 10.2. The van der Waals surface area contributed by atoms with Crippen LogP contribution in [-0.2, 0) is 4.74 Å². The average molecular weight is 307 g/mol. The van der Waals surface area contributed by atoms with Crippen molar-refractivity contribution in [3.8, 4) is 0 Å². The fourth-order valence-electron chi connectivity index (χ4n) is 2.21. The van der Waals surface area contributed by atoms with Gasteiger partial charge in [-0.25, -0.2) is 9.78 Å². The summed E-state index contributed by atoms with van der Waals surface area (Å²) in [6.07, 6.45) is 1.53. The molecule has 0 bridgehead atoms. The lowest BCUT2D eigenvalue weighted by molar-refractivity contribution is 0.105. The van der Waals surface area contributed by atoms with Crippen molar-refractivity contribution in [1.29, 1.82) is 0 Å². The van der Waals surface area contributed by atoms with Crippen LogP contribution in [0, 0.1) is 5.92 Å². The Bertz CT molecular complexity index is 487. The van der Waals surface area contributed by atoms with E-state index < -0.39 is 0 Å². The molecule has 1 aromatic rings. The quantitative estimate of drug-likeness (QED) is 0.895. The highest BCUT2D eigenvalue weighted by atomic mass is 16.6. The van der Waals surface area contributed by atoms with E-state index in [2.05, 4.69) is 34.0 Å². The number of ether oxygens (including phenoxy) is 1. The predicted octanol–water partition coefficient (Wildman–Crippen LogP) is 1.82. The van der Waals surface area contributed by atoms with E-state index in [9.17, 15) is 4.79 Å². The molecule has 122 valence electrons. The smallest absolute Gasteiger partial charge is 0.409 e. The van der Waals surface area contributed by atoms with Gasteiger partial charge in [0.15, 0.2) is 0 Å². The van der Waals surface area contributed by atoms with Gasteiger partial charge in [-0.3, -0.25) is 0 Å². The summed E-state index contributed by atoms with van der Waals surface area (Å²) in [4.78, 5) is 24.4. The summed E-state index contributed by atoms with van der Waals surface area (Å²) in [6.45, 7) is 10.1. The number of nitrogens with one attached hydrogen (secondary N) is 1. The molecule has 0 saturated carbocycles. The Labute approximate surface area is 131 Å². The van der Waals surface area contributed by atoms with Crippen molar-refractivity contribution >= 4 is 17.9 Å². The molecule has 0 spiro atoms. The molecule has 7 heteroatoms. The first-order chi connectivity index (χ1) is 10.6. The van der Waals surface area contributed by atoms with Gasteiger partial charge >= 0.3 is 6.09 Å². The Morgan fingerprint density at radius 2 is 2.09 bits per heavy atom. The van der Waals surface area contributed by atoms with Gasteiger partial charge in [-0.05, 0) is 18.9 Å². The number of carbonyl (C=O) groups is 1. The maximum absolute atomic E-state index is 11.7. The van der Waals surface area contributed by atoms with Crippen LogP contribution in [0.15, 0.2) is 12.3 Å². The van der Waals surface area contributed by atoms with Gasteiger partial charge in [-0.1, -0.05) is 13.8 Å². The molecule has 1 aliphatic rings. The standard InChI is InChI=1S/C15H25N5O2/c1-4-22-15(21)20-9-7-19(8-10-20)14-16-6-5-13(18-14)17-11-12(2)3/h5-6,12H,4,7-11H2,1-3H3,(H,16,17,18). The second-order valence-electron chi connectivity index (χ2n) is 5.69. The minimum atomic E-state index is -0.240. The number of piperazine rings is 1. The third kappa shape index (κ3) is 4.47. The van der Waals surface area contributed by atoms with Gasteiger partial charge < -0.3 is 19.9 Å². The second kappa shape index (κ2) is 7.82. The van der Waals surface area contributed by atoms with Crippen LogP contribution in [-0.4, -0.2) is 60.3 Å². The minimum Gasteiger partial charge on any atom is -0.450 e. The molecular weight excluding hydrogens is 282 g/mol. The Morgan fingerprint density at radius 1 is 1.36 bits per heavy atom. The average Bonchev–Trinajstić information content (AvgIpc) is 2.53. The van der Waals surface area contributed by atoms with Crippen LogP contribution in [0.5, 0.6) is 0 Å². The van der Waals surface area contributed by atoms with Gasteiger partial charge in [0.1, 0.15) is 5.82 Å². The van der Waals surface area contributed by atoms with E-state index in [1.807, 2.05) is 13.0 Å². The normalized spacial score (nSPS) is 15.1. The molecular formula is C15H25N5O2. The molecule has 1 saturated heterocycles. The van der Waals surface area contributed by atoms with Crippen LogP contribution in [0.1, 0.15) is 20.8 Å². The third-order valence-corrected chi connectivity index (χ3v) is 3.42. The number of anilines is 2. The maximum Gasteiger partial charge on any atom is 0.409 e. The minimum absolute atomic E-state index is 0.240. The topological polar surface area (TPSA) is 70.6 Å². The third-order valence-electron chi connectivity index (χ3n) is 3.42. The fraction of sp³-hybridized carbons (Fsp3) is 0.667. The number of hydrogen-bond donors (Lipinski definition) is 1. The zero-order valence-corrected chi connectivity index (χ0v) is 13.6. The molecule has 22 heavy (non-hydrogen) atoms. The monoisotopic (exact) mass is 307 g/mol. The SMILES string of the molecule is CCOC(=O)N1CCN(c2nccc(NCC(C)C)n2)CC1. The zero-order valence-electron chi connectivity index (χ0n) is 13.6. The molecule has 1 amide bonds. The number of hydrogen-bond acceptors (Lipinski definition) is 6. The van der Waals surface area contributed by atoms with E-state index in [4.69, 9.17) is 4.74 Å². The highest BCUT2D eigenvalue weighted by Crippen LogP contribution is 2.14. The molecule has 0 atom stereocenters. The molecule has 1 N–H and O–H groups in total. The first-order valence-corrected chi connectivity index (χ1v) is 7.83. The molecule has 0 unspecified atom stereocenters. The summed E-state index contributed by atoms with van der Waals surface area (Å²) in [6, 6.07) is 1.88. The summed E-state index contributed by atoms with van der Waals surface area (Å²) in [7, 11) is 0. The van der Waals surface area contributed by atoms with Gasteiger partial charge in [0, 0.05) is 38.9 Å². The molecule has 1 aliphatic heterocycles. The number of amides is 1. The zero-order chi connectivity index (χ0) is 15.9. The lowest BCUT2D eigenvalue weighted by Gasteiger charge is -2.34.